The lowest BCUT2D eigenvalue weighted by atomic mass is 9.72. The Balaban J connectivity index is 0.00000370. The second-order valence-corrected chi connectivity index (χ2v) is 13.3. The molecular formula is C29H43BrClN5O4. The molecule has 0 unspecified atom stereocenters. The van der Waals surface area contributed by atoms with Gasteiger partial charge in [-0.2, -0.15) is 9.97 Å². The van der Waals surface area contributed by atoms with Crippen molar-refractivity contribution in [3.8, 4) is 11.8 Å². The summed E-state index contributed by atoms with van der Waals surface area (Å²) in [6.45, 7) is 13.2. The molecule has 0 saturated carbocycles. The fourth-order valence-electron chi connectivity index (χ4n) is 5.70. The first-order chi connectivity index (χ1) is 18.5. The molecular weight excluding hydrogens is 598 g/mol. The Bertz CT molecular complexity index is 1220. The van der Waals surface area contributed by atoms with E-state index in [0.717, 1.165) is 76.2 Å². The van der Waals surface area contributed by atoms with E-state index in [0.29, 0.717) is 33.4 Å². The molecule has 3 aliphatic heterocycles. The van der Waals surface area contributed by atoms with Gasteiger partial charge in [0.25, 0.3) is 0 Å². The Labute approximate surface area is 251 Å². The number of ether oxygens (including phenoxy) is 3. The number of rotatable bonds is 5. The number of likely N-dealkylation sites (tertiary alicyclic amines) is 2. The standard InChI is InChI=1S/C28H39BrClN5O4.CH4/c1-6-37-23-21(29)20(30)15-19-22(23)31-25(38-18-7-11-33(5)12-8-18)32-24(19)34-13-9-28(10-14-34)16-35(17-28)26(36)39-27(2,3)4;/h15,18H,6-14,16-17H2,1-5H3;1H4. The van der Waals surface area contributed by atoms with Gasteiger partial charge in [0, 0.05) is 50.1 Å². The molecule has 0 aliphatic carbocycles. The van der Waals surface area contributed by atoms with Crippen LogP contribution in [0.5, 0.6) is 11.8 Å². The van der Waals surface area contributed by atoms with Gasteiger partial charge < -0.3 is 28.9 Å². The van der Waals surface area contributed by atoms with Crippen molar-refractivity contribution >= 4 is 50.3 Å². The van der Waals surface area contributed by atoms with Crippen LogP contribution in [0.3, 0.4) is 0 Å². The van der Waals surface area contributed by atoms with Crippen LogP contribution in [0.1, 0.15) is 60.8 Å². The number of hydrogen-bond acceptors (Lipinski definition) is 8. The molecule has 0 bridgehead atoms. The highest BCUT2D eigenvalue weighted by molar-refractivity contribution is 9.10. The quantitative estimate of drug-likeness (QED) is 0.372. The minimum absolute atomic E-state index is 0. The topological polar surface area (TPSA) is 80.3 Å². The van der Waals surface area contributed by atoms with Crippen molar-refractivity contribution in [2.45, 2.75) is 72.5 Å². The summed E-state index contributed by atoms with van der Waals surface area (Å²) >= 11 is 10.2. The number of carbonyl (C=O) groups is 1. The molecule has 9 nitrogen and oxygen atoms in total. The summed E-state index contributed by atoms with van der Waals surface area (Å²) in [5, 5.41) is 1.41. The van der Waals surface area contributed by atoms with Crippen LogP contribution in [-0.4, -0.2) is 90.5 Å². The molecule has 3 fully saturated rings. The third-order valence-electron chi connectivity index (χ3n) is 7.85. The number of carbonyl (C=O) groups excluding carboxylic acids is 1. The van der Waals surface area contributed by atoms with Crippen LogP contribution < -0.4 is 14.4 Å². The van der Waals surface area contributed by atoms with E-state index in [1.54, 1.807) is 0 Å². The summed E-state index contributed by atoms with van der Waals surface area (Å²) in [6.07, 6.45) is 3.66. The highest BCUT2D eigenvalue weighted by Crippen LogP contribution is 2.45. The first-order valence-electron chi connectivity index (χ1n) is 13.9. The molecule has 2 aromatic rings. The van der Waals surface area contributed by atoms with E-state index >= 15 is 0 Å². The van der Waals surface area contributed by atoms with Crippen molar-refractivity contribution in [2.75, 3.05) is 57.8 Å². The Morgan fingerprint density at radius 1 is 1.15 bits per heavy atom. The highest BCUT2D eigenvalue weighted by atomic mass is 79.9. The lowest BCUT2D eigenvalue weighted by Gasteiger charge is -2.53. The Morgan fingerprint density at radius 3 is 2.40 bits per heavy atom. The van der Waals surface area contributed by atoms with Gasteiger partial charge in [-0.1, -0.05) is 19.0 Å². The molecule has 40 heavy (non-hydrogen) atoms. The summed E-state index contributed by atoms with van der Waals surface area (Å²) in [7, 11) is 2.13. The summed E-state index contributed by atoms with van der Waals surface area (Å²) in [4.78, 5) is 28.7. The summed E-state index contributed by atoms with van der Waals surface area (Å²) in [5.41, 5.74) is 0.336. The van der Waals surface area contributed by atoms with Crippen LogP contribution in [0.25, 0.3) is 10.9 Å². The van der Waals surface area contributed by atoms with Gasteiger partial charge in [0.15, 0.2) is 5.75 Å². The van der Waals surface area contributed by atoms with Gasteiger partial charge in [0.1, 0.15) is 23.0 Å². The van der Waals surface area contributed by atoms with E-state index in [4.69, 9.17) is 35.8 Å². The predicted molar refractivity (Wildman–Crippen MR) is 163 cm³/mol. The molecule has 222 valence electrons. The first kappa shape index (κ1) is 30.9. The van der Waals surface area contributed by atoms with Gasteiger partial charge in [0.05, 0.1) is 16.1 Å². The van der Waals surface area contributed by atoms with Crippen LogP contribution in [0, 0.1) is 5.41 Å². The maximum Gasteiger partial charge on any atom is 0.410 e. The number of nitrogens with zero attached hydrogens (tertiary/aromatic N) is 5. The second kappa shape index (κ2) is 12.1. The Hall–Kier alpha value is -2.04. The summed E-state index contributed by atoms with van der Waals surface area (Å²) in [6, 6.07) is 2.29. The Morgan fingerprint density at radius 2 is 1.80 bits per heavy atom. The first-order valence-corrected chi connectivity index (χ1v) is 15.0. The molecule has 5 rings (SSSR count). The van der Waals surface area contributed by atoms with E-state index in [-0.39, 0.29) is 25.0 Å². The molecule has 1 aromatic carbocycles. The third kappa shape index (κ3) is 6.54. The zero-order valence-electron chi connectivity index (χ0n) is 23.6. The smallest absolute Gasteiger partial charge is 0.410 e. The van der Waals surface area contributed by atoms with Crippen molar-refractivity contribution in [2.24, 2.45) is 5.41 Å². The zero-order chi connectivity index (χ0) is 27.9. The van der Waals surface area contributed by atoms with Crippen LogP contribution in [0.15, 0.2) is 10.5 Å². The van der Waals surface area contributed by atoms with Gasteiger partial charge in [-0.25, -0.2) is 4.79 Å². The number of piperidine rings is 2. The normalized spacial score (nSPS) is 19.8. The largest absolute Gasteiger partial charge is 0.490 e. The van der Waals surface area contributed by atoms with Crippen molar-refractivity contribution in [1.82, 2.24) is 19.8 Å². The van der Waals surface area contributed by atoms with Crippen molar-refractivity contribution in [3.63, 3.8) is 0 Å². The molecule has 1 aromatic heterocycles. The van der Waals surface area contributed by atoms with E-state index in [1.165, 1.54) is 0 Å². The molecule has 3 aliphatic rings. The number of benzene rings is 1. The van der Waals surface area contributed by atoms with E-state index in [9.17, 15) is 4.79 Å². The minimum atomic E-state index is -0.485. The number of fused-ring (bicyclic) bond motifs is 1. The van der Waals surface area contributed by atoms with Crippen LogP contribution >= 0.6 is 27.5 Å². The van der Waals surface area contributed by atoms with Gasteiger partial charge >= 0.3 is 12.1 Å². The number of hydrogen-bond donors (Lipinski definition) is 0. The number of halogens is 2. The van der Waals surface area contributed by atoms with Crippen LogP contribution in [0.4, 0.5) is 10.6 Å². The predicted octanol–water partition coefficient (Wildman–Crippen LogP) is 6.39. The monoisotopic (exact) mass is 639 g/mol. The maximum atomic E-state index is 12.5. The number of amides is 1. The number of aromatic nitrogens is 2. The molecule has 1 spiro atoms. The SMILES string of the molecule is C.CCOc1c(Br)c(Cl)cc2c(N3CCC4(CC3)CN(C(=O)OC(C)(C)C)C4)nc(OC3CCN(C)CC3)nc12. The van der Waals surface area contributed by atoms with E-state index in [2.05, 4.69) is 32.8 Å². The van der Waals surface area contributed by atoms with Gasteiger partial charge in [-0.05, 0) is 82.4 Å². The average molecular weight is 641 g/mol. The molecule has 0 atom stereocenters. The zero-order valence-corrected chi connectivity index (χ0v) is 25.9. The van der Waals surface area contributed by atoms with Gasteiger partial charge in [0.2, 0.25) is 0 Å². The van der Waals surface area contributed by atoms with Crippen molar-refractivity contribution in [3.05, 3.63) is 15.6 Å². The minimum Gasteiger partial charge on any atom is -0.490 e. The fourth-order valence-corrected chi connectivity index (χ4v) is 6.31. The van der Waals surface area contributed by atoms with Gasteiger partial charge in [-0.3, -0.25) is 0 Å². The van der Waals surface area contributed by atoms with Crippen LogP contribution in [0.2, 0.25) is 5.02 Å². The summed E-state index contributed by atoms with van der Waals surface area (Å²) < 4.78 is 18.6. The van der Waals surface area contributed by atoms with Crippen molar-refractivity contribution < 1.29 is 19.0 Å². The molecule has 11 heteroatoms. The van der Waals surface area contributed by atoms with E-state index < -0.39 is 5.60 Å². The molecule has 3 saturated heterocycles. The maximum absolute atomic E-state index is 12.5. The van der Waals surface area contributed by atoms with Crippen LogP contribution in [-0.2, 0) is 4.74 Å². The molecule has 1 amide bonds. The summed E-state index contributed by atoms with van der Waals surface area (Å²) in [5.74, 6) is 1.42. The van der Waals surface area contributed by atoms with Gasteiger partial charge in [-0.15, -0.1) is 0 Å². The molecule has 0 N–H and O–H groups in total. The van der Waals surface area contributed by atoms with Crippen molar-refractivity contribution in [1.29, 1.82) is 0 Å². The number of anilines is 1. The van der Waals surface area contributed by atoms with E-state index in [1.807, 2.05) is 38.7 Å². The third-order valence-corrected chi connectivity index (χ3v) is 9.17. The molecule has 0 radical (unpaired) electrons. The lowest BCUT2D eigenvalue weighted by Crippen LogP contribution is -2.62. The fraction of sp³-hybridized carbons (Fsp3) is 0.690. The molecule has 4 heterocycles. The second-order valence-electron chi connectivity index (χ2n) is 12.1. The Kier molecular flexibility index (Phi) is 9.32. The average Bonchev–Trinajstić information content (AvgIpc) is 2.86. The highest BCUT2D eigenvalue weighted by Gasteiger charge is 2.48. The lowest BCUT2D eigenvalue weighted by molar-refractivity contribution is -0.0434.